The molecule has 0 aliphatic heterocycles. The highest BCUT2D eigenvalue weighted by Crippen LogP contribution is 2.27. The minimum atomic E-state index is -0.441. The zero-order valence-corrected chi connectivity index (χ0v) is 18.7. The maximum Gasteiger partial charge on any atom is 0.270 e. The Morgan fingerprint density at radius 2 is 1.50 bits per heavy atom. The van der Waals surface area contributed by atoms with Crippen molar-refractivity contribution < 1.29 is 9.72 Å². The molecular formula is C29H24N2O3. The number of nitro benzene ring substituents is 1. The molecular weight excluding hydrogens is 424 g/mol. The molecule has 0 saturated heterocycles. The van der Waals surface area contributed by atoms with Crippen LogP contribution >= 0.6 is 0 Å². The van der Waals surface area contributed by atoms with Crippen molar-refractivity contribution in [3.05, 3.63) is 147 Å². The summed E-state index contributed by atoms with van der Waals surface area (Å²) in [5.41, 5.74) is 4.75. The van der Waals surface area contributed by atoms with E-state index in [1.165, 1.54) is 12.1 Å². The number of nitrogens with zero attached hydrogens (tertiary/aromatic N) is 1. The highest BCUT2D eigenvalue weighted by Gasteiger charge is 2.21. The van der Waals surface area contributed by atoms with Crippen molar-refractivity contribution in [2.75, 3.05) is 0 Å². The van der Waals surface area contributed by atoms with Gasteiger partial charge in [-0.1, -0.05) is 97.1 Å². The van der Waals surface area contributed by atoms with Gasteiger partial charge in [0, 0.05) is 17.7 Å². The molecule has 1 atom stereocenters. The van der Waals surface area contributed by atoms with Crippen molar-refractivity contribution in [3.8, 4) is 0 Å². The van der Waals surface area contributed by atoms with E-state index in [1.807, 2.05) is 91.9 Å². The van der Waals surface area contributed by atoms with Crippen molar-refractivity contribution in [2.24, 2.45) is 0 Å². The highest BCUT2D eigenvalue weighted by molar-refractivity contribution is 6.24. The van der Waals surface area contributed by atoms with Crippen molar-refractivity contribution in [3.63, 3.8) is 0 Å². The van der Waals surface area contributed by atoms with Gasteiger partial charge in [-0.25, -0.2) is 0 Å². The average Bonchev–Trinajstić information content (AvgIpc) is 2.87. The molecule has 0 radical (unpaired) electrons. The average molecular weight is 449 g/mol. The lowest BCUT2D eigenvalue weighted by molar-refractivity contribution is -0.384. The van der Waals surface area contributed by atoms with Crippen LogP contribution in [-0.2, 0) is 4.79 Å². The van der Waals surface area contributed by atoms with Crippen molar-refractivity contribution in [2.45, 2.75) is 13.0 Å². The summed E-state index contributed by atoms with van der Waals surface area (Å²) in [7, 11) is 0. The van der Waals surface area contributed by atoms with Crippen molar-refractivity contribution in [1.29, 1.82) is 0 Å². The van der Waals surface area contributed by atoms with Gasteiger partial charge in [0.25, 0.3) is 11.6 Å². The molecule has 0 bridgehead atoms. The Morgan fingerprint density at radius 1 is 0.853 bits per heavy atom. The zero-order valence-electron chi connectivity index (χ0n) is 18.7. The van der Waals surface area contributed by atoms with Crippen LogP contribution in [0.4, 0.5) is 5.69 Å². The van der Waals surface area contributed by atoms with Crippen LogP contribution in [0.3, 0.4) is 0 Å². The summed E-state index contributed by atoms with van der Waals surface area (Å²) in [4.78, 5) is 24.5. The molecule has 0 fully saturated rings. The van der Waals surface area contributed by atoms with Crippen LogP contribution in [0.5, 0.6) is 0 Å². The van der Waals surface area contributed by atoms with E-state index in [2.05, 4.69) is 5.32 Å². The molecule has 1 N–H and O–H groups in total. The lowest BCUT2D eigenvalue weighted by Gasteiger charge is -2.22. The number of nitrogens with one attached hydrogen (secondary N) is 1. The van der Waals surface area contributed by atoms with Gasteiger partial charge >= 0.3 is 0 Å². The lowest BCUT2D eigenvalue weighted by Crippen LogP contribution is -2.30. The Labute approximate surface area is 198 Å². The number of amides is 1. The molecule has 1 amide bonds. The summed E-state index contributed by atoms with van der Waals surface area (Å²) in [6.07, 6.45) is 1.69. The van der Waals surface area contributed by atoms with Gasteiger partial charge in [0.15, 0.2) is 0 Å². The molecule has 1 unspecified atom stereocenters. The quantitative estimate of drug-likeness (QED) is 0.155. The van der Waals surface area contributed by atoms with E-state index in [4.69, 9.17) is 0 Å². The summed E-state index contributed by atoms with van der Waals surface area (Å²) in [6.45, 7) is 2.02. The number of hydrogen-bond acceptors (Lipinski definition) is 3. The van der Waals surface area contributed by atoms with Gasteiger partial charge in [-0.3, -0.25) is 14.9 Å². The number of nitro groups is 1. The van der Waals surface area contributed by atoms with Gasteiger partial charge in [-0.2, -0.15) is 0 Å². The number of benzene rings is 4. The third kappa shape index (κ3) is 5.27. The van der Waals surface area contributed by atoms with E-state index in [1.54, 1.807) is 18.2 Å². The first kappa shape index (κ1) is 22.7. The van der Waals surface area contributed by atoms with Crippen molar-refractivity contribution >= 4 is 23.2 Å². The Balaban J connectivity index is 1.77. The Bertz CT molecular complexity index is 1330. The maximum atomic E-state index is 13.7. The molecule has 168 valence electrons. The van der Waals surface area contributed by atoms with Crippen LogP contribution in [0.25, 0.3) is 11.6 Å². The molecule has 4 aromatic carbocycles. The number of carbonyl (C=O) groups excluding carboxylic acids is 1. The Kier molecular flexibility index (Phi) is 6.94. The first-order valence-corrected chi connectivity index (χ1v) is 11.0. The number of aryl methyl sites for hydroxylation is 1. The van der Waals surface area contributed by atoms with Crippen molar-refractivity contribution in [1.82, 2.24) is 5.32 Å². The minimum Gasteiger partial charge on any atom is -0.341 e. The van der Waals surface area contributed by atoms with E-state index in [9.17, 15) is 14.9 Å². The third-order valence-electron chi connectivity index (χ3n) is 5.63. The fraction of sp³-hybridized carbons (Fsp3) is 0.0690. The summed E-state index contributed by atoms with van der Waals surface area (Å²) in [5.74, 6) is -0.269. The number of hydrogen-bond donors (Lipinski definition) is 1. The Hall–Kier alpha value is -4.51. The molecule has 0 aliphatic rings. The van der Waals surface area contributed by atoms with Crippen LogP contribution in [0, 0.1) is 17.0 Å². The molecule has 0 aromatic heterocycles. The first-order chi connectivity index (χ1) is 16.5. The van der Waals surface area contributed by atoms with Gasteiger partial charge in [0.2, 0.25) is 0 Å². The SMILES string of the molecule is Cc1ccccc1C(NC(=O)/C(=C/c1cccc([N+](=O)[O-])c1)c1ccccc1)c1ccccc1. The molecule has 0 saturated carbocycles. The molecule has 0 spiro atoms. The molecule has 34 heavy (non-hydrogen) atoms. The van der Waals surface area contributed by atoms with Crippen LogP contribution in [-0.4, -0.2) is 10.8 Å². The van der Waals surface area contributed by atoms with Crippen LogP contribution in [0.2, 0.25) is 0 Å². The van der Waals surface area contributed by atoms with Crippen LogP contribution in [0.1, 0.15) is 33.9 Å². The molecule has 4 aromatic rings. The van der Waals surface area contributed by atoms with Gasteiger partial charge in [0.1, 0.15) is 0 Å². The zero-order chi connectivity index (χ0) is 23.9. The number of rotatable bonds is 7. The second-order valence-corrected chi connectivity index (χ2v) is 7.95. The van der Waals surface area contributed by atoms with Gasteiger partial charge in [0.05, 0.1) is 11.0 Å². The molecule has 4 rings (SSSR count). The fourth-order valence-electron chi connectivity index (χ4n) is 3.90. The molecule has 5 nitrogen and oxygen atoms in total. The van der Waals surface area contributed by atoms with Gasteiger partial charge in [-0.05, 0) is 40.8 Å². The van der Waals surface area contributed by atoms with Gasteiger partial charge in [-0.15, -0.1) is 0 Å². The first-order valence-electron chi connectivity index (χ1n) is 11.0. The van der Waals surface area contributed by atoms with E-state index in [0.29, 0.717) is 11.1 Å². The second-order valence-electron chi connectivity index (χ2n) is 7.95. The fourth-order valence-corrected chi connectivity index (χ4v) is 3.90. The second kappa shape index (κ2) is 10.4. The molecule has 0 heterocycles. The standard InChI is InChI=1S/C29H24N2O3/c1-21-11-8-9-18-26(21)28(24-15-6-3-7-16-24)30-29(32)27(23-13-4-2-5-14-23)20-22-12-10-17-25(19-22)31(33)34/h2-20,28H,1H3,(H,30,32)/b27-20+. The van der Waals surface area contributed by atoms with E-state index in [-0.39, 0.29) is 17.6 Å². The summed E-state index contributed by atoms with van der Waals surface area (Å²) >= 11 is 0. The lowest BCUT2D eigenvalue weighted by atomic mass is 9.94. The van der Waals surface area contributed by atoms with E-state index < -0.39 is 4.92 Å². The topological polar surface area (TPSA) is 72.2 Å². The monoisotopic (exact) mass is 448 g/mol. The van der Waals surface area contributed by atoms with Crippen LogP contribution < -0.4 is 5.32 Å². The third-order valence-corrected chi connectivity index (χ3v) is 5.63. The van der Waals surface area contributed by atoms with E-state index in [0.717, 1.165) is 22.3 Å². The summed E-state index contributed by atoms with van der Waals surface area (Å²) in [5, 5.41) is 14.4. The van der Waals surface area contributed by atoms with E-state index >= 15 is 0 Å². The normalized spacial score (nSPS) is 12.1. The summed E-state index contributed by atoms with van der Waals surface area (Å²) in [6, 6.07) is 33.0. The smallest absolute Gasteiger partial charge is 0.270 e. The molecule has 5 heteroatoms. The predicted molar refractivity (Wildman–Crippen MR) is 135 cm³/mol. The minimum absolute atomic E-state index is 0.0244. The predicted octanol–water partition coefficient (Wildman–Crippen LogP) is 6.35. The molecule has 0 aliphatic carbocycles. The maximum absolute atomic E-state index is 13.7. The number of carbonyl (C=O) groups is 1. The highest BCUT2D eigenvalue weighted by atomic mass is 16.6. The number of non-ortho nitro benzene ring substituents is 1. The summed E-state index contributed by atoms with van der Waals surface area (Å²) < 4.78 is 0. The Morgan fingerprint density at radius 3 is 2.18 bits per heavy atom. The van der Waals surface area contributed by atoms with Gasteiger partial charge < -0.3 is 5.32 Å². The largest absolute Gasteiger partial charge is 0.341 e. The van der Waals surface area contributed by atoms with Crippen LogP contribution in [0.15, 0.2) is 109 Å².